The lowest BCUT2D eigenvalue weighted by molar-refractivity contribution is -0.137. The molecular formula is C14H18F3. The molecule has 0 fully saturated rings. The Morgan fingerprint density at radius 1 is 1.12 bits per heavy atom. The predicted octanol–water partition coefficient (Wildman–Crippen LogP) is 5.01. The molecule has 95 valence electrons. The summed E-state index contributed by atoms with van der Waals surface area (Å²) in [6.45, 7) is 5.70. The van der Waals surface area contributed by atoms with Crippen LogP contribution in [0.5, 0.6) is 0 Å². The van der Waals surface area contributed by atoms with Crippen LogP contribution in [0.4, 0.5) is 13.2 Å². The molecule has 0 atom stereocenters. The molecular weight excluding hydrogens is 225 g/mol. The standard InChI is InChI=1S/C14H18F3/c1-4-5-6-11-7-12(10(2)3)9-13(8-11)14(15,16)17/h7-9H,4-6H2,1-3H3. The first-order valence-electron chi connectivity index (χ1n) is 5.86. The van der Waals surface area contributed by atoms with Crippen LogP contribution in [0.25, 0.3) is 0 Å². The van der Waals surface area contributed by atoms with Gasteiger partial charge in [-0.25, -0.2) is 0 Å². The maximum Gasteiger partial charge on any atom is 0.416 e. The molecule has 17 heavy (non-hydrogen) atoms. The molecule has 0 unspecified atom stereocenters. The summed E-state index contributed by atoms with van der Waals surface area (Å²) >= 11 is 0. The van der Waals surface area contributed by atoms with Crippen LogP contribution in [0.15, 0.2) is 18.2 Å². The maximum atomic E-state index is 12.7. The average molecular weight is 243 g/mol. The van der Waals surface area contributed by atoms with E-state index in [4.69, 9.17) is 0 Å². The van der Waals surface area contributed by atoms with Crippen molar-refractivity contribution in [2.24, 2.45) is 0 Å². The van der Waals surface area contributed by atoms with Gasteiger partial charge in [-0.15, -0.1) is 0 Å². The molecule has 0 amide bonds. The number of hydrogen-bond donors (Lipinski definition) is 0. The van der Waals surface area contributed by atoms with E-state index < -0.39 is 11.7 Å². The van der Waals surface area contributed by atoms with Crippen molar-refractivity contribution < 1.29 is 13.2 Å². The van der Waals surface area contributed by atoms with Crippen molar-refractivity contribution in [2.75, 3.05) is 0 Å². The van der Waals surface area contributed by atoms with Crippen molar-refractivity contribution >= 4 is 0 Å². The molecule has 0 aliphatic carbocycles. The van der Waals surface area contributed by atoms with Gasteiger partial charge in [0, 0.05) is 0 Å². The smallest absolute Gasteiger partial charge is 0.166 e. The van der Waals surface area contributed by atoms with Gasteiger partial charge in [-0.3, -0.25) is 0 Å². The molecule has 0 heterocycles. The Hall–Kier alpha value is -0.990. The van der Waals surface area contributed by atoms with Gasteiger partial charge in [0.25, 0.3) is 0 Å². The molecule has 0 saturated carbocycles. The molecule has 0 N–H and O–H groups in total. The first-order chi connectivity index (χ1) is 7.84. The zero-order valence-corrected chi connectivity index (χ0v) is 10.5. The molecule has 0 spiro atoms. The quantitative estimate of drug-likeness (QED) is 0.697. The van der Waals surface area contributed by atoms with Gasteiger partial charge < -0.3 is 0 Å². The Kier molecular flexibility index (Phi) is 4.61. The number of hydrogen-bond acceptors (Lipinski definition) is 0. The van der Waals surface area contributed by atoms with Crippen LogP contribution in [-0.2, 0) is 12.6 Å². The molecule has 0 nitrogen and oxygen atoms in total. The van der Waals surface area contributed by atoms with Crippen LogP contribution in [-0.4, -0.2) is 0 Å². The Morgan fingerprint density at radius 3 is 2.24 bits per heavy atom. The summed E-state index contributed by atoms with van der Waals surface area (Å²) in [6.07, 6.45) is -1.64. The second-order valence-electron chi connectivity index (χ2n) is 4.52. The van der Waals surface area contributed by atoms with Crippen molar-refractivity contribution in [3.8, 4) is 0 Å². The van der Waals surface area contributed by atoms with Crippen molar-refractivity contribution in [1.82, 2.24) is 0 Å². The molecule has 0 aliphatic heterocycles. The van der Waals surface area contributed by atoms with E-state index in [9.17, 15) is 13.2 Å². The maximum absolute atomic E-state index is 12.7. The fraction of sp³-hybridized carbons (Fsp3) is 0.500. The monoisotopic (exact) mass is 243 g/mol. The zero-order valence-electron chi connectivity index (χ0n) is 10.5. The highest BCUT2D eigenvalue weighted by Crippen LogP contribution is 2.32. The van der Waals surface area contributed by atoms with Crippen LogP contribution in [0.1, 0.15) is 50.3 Å². The number of alkyl halides is 3. The molecule has 1 aromatic rings. The molecule has 1 aromatic carbocycles. The van der Waals surface area contributed by atoms with Crippen molar-refractivity contribution in [2.45, 2.75) is 46.2 Å². The third kappa shape index (κ3) is 4.06. The molecule has 0 aromatic heterocycles. The SMILES string of the molecule is CCCCc1cc([C](C)C)cc(C(F)(F)F)c1. The highest BCUT2D eigenvalue weighted by molar-refractivity contribution is 5.38. The lowest BCUT2D eigenvalue weighted by Crippen LogP contribution is -2.07. The Labute approximate surface area is 101 Å². The Bertz CT molecular complexity index is 364. The lowest BCUT2D eigenvalue weighted by atomic mass is 9.95. The number of aryl methyl sites for hydroxylation is 1. The normalized spacial score (nSPS) is 12.2. The summed E-state index contributed by atoms with van der Waals surface area (Å²) in [5.41, 5.74) is 0.922. The average Bonchev–Trinajstić information content (AvgIpc) is 2.24. The molecule has 3 heteroatoms. The van der Waals surface area contributed by atoms with Crippen molar-refractivity contribution in [3.05, 3.63) is 40.8 Å². The third-order valence-corrected chi connectivity index (χ3v) is 2.72. The summed E-state index contributed by atoms with van der Waals surface area (Å²) in [5, 5.41) is 0. The minimum Gasteiger partial charge on any atom is -0.166 e. The number of benzene rings is 1. The van der Waals surface area contributed by atoms with Crippen LogP contribution in [0, 0.1) is 5.92 Å². The van der Waals surface area contributed by atoms with E-state index in [1.807, 2.05) is 26.8 Å². The van der Waals surface area contributed by atoms with Crippen LogP contribution in [0.3, 0.4) is 0 Å². The van der Waals surface area contributed by atoms with E-state index in [-0.39, 0.29) is 0 Å². The van der Waals surface area contributed by atoms with Gasteiger partial charge >= 0.3 is 6.18 Å². The van der Waals surface area contributed by atoms with E-state index in [2.05, 4.69) is 0 Å². The van der Waals surface area contributed by atoms with Gasteiger partial charge in [0.15, 0.2) is 0 Å². The van der Waals surface area contributed by atoms with Crippen molar-refractivity contribution in [3.63, 3.8) is 0 Å². The number of rotatable bonds is 4. The molecule has 0 bridgehead atoms. The van der Waals surface area contributed by atoms with E-state index >= 15 is 0 Å². The topological polar surface area (TPSA) is 0 Å². The first-order valence-corrected chi connectivity index (χ1v) is 5.86. The minimum absolute atomic E-state index is 0.540. The van der Waals surface area contributed by atoms with Gasteiger partial charge in [0.1, 0.15) is 0 Å². The summed E-state index contributed by atoms with van der Waals surface area (Å²) in [4.78, 5) is 0. The van der Waals surface area contributed by atoms with Crippen LogP contribution < -0.4 is 0 Å². The van der Waals surface area contributed by atoms with E-state index in [1.54, 1.807) is 0 Å². The molecule has 1 rings (SSSR count). The number of unbranched alkanes of at least 4 members (excludes halogenated alkanes) is 1. The van der Waals surface area contributed by atoms with Crippen LogP contribution >= 0.6 is 0 Å². The van der Waals surface area contributed by atoms with E-state index in [0.29, 0.717) is 12.0 Å². The first kappa shape index (κ1) is 14.1. The summed E-state index contributed by atoms with van der Waals surface area (Å²) in [6, 6.07) is 4.35. The second kappa shape index (κ2) is 5.56. The van der Waals surface area contributed by atoms with Gasteiger partial charge in [-0.1, -0.05) is 33.3 Å². The Morgan fingerprint density at radius 2 is 1.76 bits per heavy atom. The molecule has 0 saturated heterocycles. The predicted molar refractivity (Wildman–Crippen MR) is 63.7 cm³/mol. The highest BCUT2D eigenvalue weighted by Gasteiger charge is 2.31. The third-order valence-electron chi connectivity index (χ3n) is 2.72. The van der Waals surface area contributed by atoms with E-state index in [0.717, 1.165) is 24.3 Å². The summed E-state index contributed by atoms with van der Waals surface area (Å²) in [5.74, 6) is 0.911. The lowest BCUT2D eigenvalue weighted by Gasteiger charge is -2.13. The minimum atomic E-state index is -4.26. The van der Waals surface area contributed by atoms with Gasteiger partial charge in [0.05, 0.1) is 5.56 Å². The van der Waals surface area contributed by atoms with E-state index in [1.165, 1.54) is 12.1 Å². The Balaban J connectivity index is 3.10. The van der Waals surface area contributed by atoms with Gasteiger partial charge in [-0.05, 0) is 42.0 Å². The van der Waals surface area contributed by atoms with Crippen LogP contribution in [0.2, 0.25) is 0 Å². The highest BCUT2D eigenvalue weighted by atomic mass is 19.4. The molecule has 1 radical (unpaired) electrons. The fourth-order valence-corrected chi connectivity index (χ4v) is 1.67. The molecule has 0 aliphatic rings. The van der Waals surface area contributed by atoms with Crippen molar-refractivity contribution in [1.29, 1.82) is 0 Å². The zero-order chi connectivity index (χ0) is 13.1. The summed E-state index contributed by atoms with van der Waals surface area (Å²) < 4.78 is 38.2. The summed E-state index contributed by atoms with van der Waals surface area (Å²) in [7, 11) is 0. The second-order valence-corrected chi connectivity index (χ2v) is 4.52. The fourth-order valence-electron chi connectivity index (χ4n) is 1.67. The number of halogens is 3. The largest absolute Gasteiger partial charge is 0.416 e. The van der Waals surface area contributed by atoms with Gasteiger partial charge in [0.2, 0.25) is 0 Å². The van der Waals surface area contributed by atoms with Gasteiger partial charge in [-0.2, -0.15) is 13.2 Å².